The first-order valence-corrected chi connectivity index (χ1v) is 13.8. The summed E-state index contributed by atoms with van der Waals surface area (Å²) in [6, 6.07) is 22.5. The number of carbonyl (C=O) groups is 2. The van der Waals surface area contributed by atoms with Gasteiger partial charge in [-0.05, 0) is 62.0 Å². The van der Waals surface area contributed by atoms with Crippen molar-refractivity contribution in [1.29, 1.82) is 0 Å². The highest BCUT2D eigenvalue weighted by molar-refractivity contribution is 6.31. The smallest absolute Gasteiger partial charge is 0.255 e. The Bertz CT molecular complexity index is 1260. The molecular weight excluding hydrogens is 510 g/mol. The number of nitrogens with zero attached hydrogens (tertiary/aromatic N) is 3. The molecule has 0 spiro atoms. The average Bonchev–Trinajstić information content (AvgIpc) is 2.95. The second-order valence-corrected chi connectivity index (χ2v) is 10.8. The van der Waals surface area contributed by atoms with E-state index in [1.54, 1.807) is 30.3 Å². The number of nitrogens with one attached hydrogen (secondary N) is 2. The Morgan fingerprint density at radius 3 is 2.31 bits per heavy atom. The van der Waals surface area contributed by atoms with Crippen molar-refractivity contribution in [3.63, 3.8) is 0 Å². The van der Waals surface area contributed by atoms with Crippen molar-refractivity contribution in [2.45, 2.75) is 12.8 Å². The summed E-state index contributed by atoms with van der Waals surface area (Å²) in [5, 5.41) is 6.60. The van der Waals surface area contributed by atoms with Crippen molar-refractivity contribution in [3.05, 3.63) is 94.5 Å². The summed E-state index contributed by atoms with van der Waals surface area (Å²) in [5.74, 6) is -0.255. The summed E-state index contributed by atoms with van der Waals surface area (Å²) in [5.41, 5.74) is 3.67. The van der Waals surface area contributed by atoms with E-state index in [4.69, 9.17) is 11.6 Å². The maximum Gasteiger partial charge on any atom is 0.255 e. The monoisotopic (exact) mass is 547 g/mol. The minimum absolute atomic E-state index is 0.170. The summed E-state index contributed by atoms with van der Waals surface area (Å²) in [4.78, 5) is 33.2. The maximum absolute atomic E-state index is 13.2. The molecule has 2 amide bonds. The molecule has 0 aromatic heterocycles. The zero-order valence-corrected chi connectivity index (χ0v) is 23.7. The summed E-state index contributed by atoms with van der Waals surface area (Å²) in [7, 11) is 4.18. The Labute approximate surface area is 236 Å². The summed E-state index contributed by atoms with van der Waals surface area (Å²) in [6.45, 7) is 8.22. The van der Waals surface area contributed by atoms with Crippen molar-refractivity contribution in [3.8, 4) is 0 Å². The molecule has 39 heavy (non-hydrogen) atoms. The molecule has 7 nitrogen and oxygen atoms in total. The topological polar surface area (TPSA) is 67.9 Å². The van der Waals surface area contributed by atoms with Crippen LogP contribution >= 0.6 is 11.6 Å². The number of hydrogen-bond donors (Lipinski definition) is 2. The normalized spacial score (nSPS) is 14.7. The fourth-order valence-corrected chi connectivity index (χ4v) is 4.87. The van der Waals surface area contributed by atoms with Crippen molar-refractivity contribution < 1.29 is 9.59 Å². The first kappa shape index (κ1) is 28.6. The Morgan fingerprint density at radius 1 is 0.897 bits per heavy atom. The van der Waals surface area contributed by atoms with Crippen LogP contribution in [0.5, 0.6) is 0 Å². The zero-order chi connectivity index (χ0) is 27.8. The molecule has 2 N–H and O–H groups in total. The molecule has 0 saturated carbocycles. The van der Waals surface area contributed by atoms with Gasteiger partial charge in [-0.25, -0.2) is 0 Å². The van der Waals surface area contributed by atoms with E-state index in [2.05, 4.69) is 58.5 Å². The third kappa shape index (κ3) is 8.05. The number of anilines is 2. The van der Waals surface area contributed by atoms with E-state index in [0.717, 1.165) is 45.0 Å². The number of carbonyl (C=O) groups excluding carboxylic acids is 2. The minimum atomic E-state index is -0.265. The van der Waals surface area contributed by atoms with Crippen LogP contribution in [0.1, 0.15) is 39.1 Å². The van der Waals surface area contributed by atoms with E-state index in [9.17, 15) is 9.59 Å². The molecular formula is C31H38ClN5O2. The van der Waals surface area contributed by atoms with Gasteiger partial charge in [-0.1, -0.05) is 54.9 Å². The third-order valence-corrected chi connectivity index (χ3v) is 7.34. The SMILES string of the molecule is CC(CNC(=O)c1ccc(N2CCN(CCN(C)C)CC2)c(NC(=O)c2cccc(Cl)c2)c1)c1ccccc1. The first-order chi connectivity index (χ1) is 18.8. The fraction of sp³-hybridized carbons (Fsp3) is 0.355. The molecule has 1 fully saturated rings. The summed E-state index contributed by atoms with van der Waals surface area (Å²) in [6.07, 6.45) is 0. The lowest BCUT2D eigenvalue weighted by Gasteiger charge is -2.37. The number of halogens is 1. The van der Waals surface area contributed by atoms with Gasteiger partial charge in [0.1, 0.15) is 0 Å². The van der Waals surface area contributed by atoms with Crippen molar-refractivity contribution in [2.75, 3.05) is 70.1 Å². The standard InChI is InChI=1S/C31H38ClN5O2/c1-23(24-8-5-4-6-9-24)22-33-30(38)26-12-13-29(37-18-16-36(17-19-37)15-14-35(2)3)28(21-26)34-31(39)25-10-7-11-27(32)20-25/h4-13,20-21,23H,14-19,22H2,1-3H3,(H,33,38)(H,34,39). The van der Waals surface area contributed by atoms with Crippen LogP contribution in [0.2, 0.25) is 5.02 Å². The molecule has 3 aromatic rings. The lowest BCUT2D eigenvalue weighted by Crippen LogP contribution is -2.48. The van der Waals surface area contributed by atoms with E-state index in [1.807, 2.05) is 30.3 Å². The molecule has 206 valence electrons. The van der Waals surface area contributed by atoms with E-state index < -0.39 is 0 Å². The van der Waals surface area contributed by atoms with Gasteiger partial charge >= 0.3 is 0 Å². The van der Waals surface area contributed by atoms with Crippen LogP contribution in [0, 0.1) is 0 Å². The molecule has 1 atom stereocenters. The van der Waals surface area contributed by atoms with E-state index in [0.29, 0.717) is 28.4 Å². The van der Waals surface area contributed by atoms with Gasteiger partial charge in [0, 0.05) is 62.0 Å². The third-order valence-electron chi connectivity index (χ3n) is 7.11. The molecule has 1 saturated heterocycles. The Kier molecular flexibility index (Phi) is 9.98. The van der Waals surface area contributed by atoms with Gasteiger partial charge in [-0.3, -0.25) is 14.5 Å². The quantitative estimate of drug-likeness (QED) is 0.381. The molecule has 0 aliphatic carbocycles. The number of amides is 2. The number of benzene rings is 3. The molecule has 1 aliphatic heterocycles. The van der Waals surface area contributed by atoms with Gasteiger partial charge in [0.25, 0.3) is 11.8 Å². The molecule has 1 heterocycles. The van der Waals surface area contributed by atoms with E-state index in [-0.39, 0.29) is 17.7 Å². The Morgan fingerprint density at radius 2 is 1.62 bits per heavy atom. The van der Waals surface area contributed by atoms with Gasteiger partial charge in [-0.2, -0.15) is 0 Å². The summed E-state index contributed by atoms with van der Waals surface area (Å²) < 4.78 is 0. The number of rotatable bonds is 10. The van der Waals surface area contributed by atoms with Crippen LogP contribution < -0.4 is 15.5 Å². The lowest BCUT2D eigenvalue weighted by atomic mass is 10.0. The molecule has 0 radical (unpaired) electrons. The van der Waals surface area contributed by atoms with E-state index >= 15 is 0 Å². The highest BCUT2D eigenvalue weighted by Gasteiger charge is 2.22. The van der Waals surface area contributed by atoms with Gasteiger partial charge in [0.15, 0.2) is 0 Å². The molecule has 8 heteroatoms. The van der Waals surface area contributed by atoms with Crippen LogP contribution in [0.25, 0.3) is 0 Å². The van der Waals surface area contributed by atoms with Crippen LogP contribution in [-0.4, -0.2) is 81.5 Å². The maximum atomic E-state index is 13.2. The molecule has 1 aliphatic rings. The summed E-state index contributed by atoms with van der Waals surface area (Å²) >= 11 is 6.13. The molecule has 3 aromatic carbocycles. The second-order valence-electron chi connectivity index (χ2n) is 10.4. The Balaban J connectivity index is 1.50. The van der Waals surface area contributed by atoms with Crippen LogP contribution in [0.3, 0.4) is 0 Å². The fourth-order valence-electron chi connectivity index (χ4n) is 4.68. The van der Waals surface area contributed by atoms with Gasteiger partial charge < -0.3 is 20.4 Å². The predicted molar refractivity (Wildman–Crippen MR) is 160 cm³/mol. The van der Waals surface area contributed by atoms with Crippen LogP contribution in [0.4, 0.5) is 11.4 Å². The number of likely N-dealkylation sites (N-methyl/N-ethyl adjacent to an activating group) is 1. The Hall–Kier alpha value is -3.39. The minimum Gasteiger partial charge on any atom is -0.367 e. The van der Waals surface area contributed by atoms with Crippen molar-refractivity contribution in [2.24, 2.45) is 0 Å². The van der Waals surface area contributed by atoms with Gasteiger partial charge in [-0.15, -0.1) is 0 Å². The first-order valence-electron chi connectivity index (χ1n) is 13.5. The second kappa shape index (κ2) is 13.6. The highest BCUT2D eigenvalue weighted by atomic mass is 35.5. The molecule has 0 bridgehead atoms. The van der Waals surface area contributed by atoms with Gasteiger partial charge in [0.05, 0.1) is 11.4 Å². The van der Waals surface area contributed by atoms with Crippen molar-refractivity contribution in [1.82, 2.24) is 15.1 Å². The van der Waals surface area contributed by atoms with E-state index in [1.165, 1.54) is 5.56 Å². The number of hydrogen-bond acceptors (Lipinski definition) is 5. The largest absolute Gasteiger partial charge is 0.367 e. The van der Waals surface area contributed by atoms with Crippen LogP contribution in [-0.2, 0) is 0 Å². The lowest BCUT2D eigenvalue weighted by molar-refractivity contribution is 0.0950. The zero-order valence-electron chi connectivity index (χ0n) is 23.0. The predicted octanol–water partition coefficient (Wildman–Crippen LogP) is 4.81. The van der Waals surface area contributed by atoms with Gasteiger partial charge in [0.2, 0.25) is 0 Å². The molecule has 1 unspecified atom stereocenters. The number of piperazine rings is 1. The van der Waals surface area contributed by atoms with Crippen LogP contribution in [0.15, 0.2) is 72.8 Å². The van der Waals surface area contributed by atoms with Crippen molar-refractivity contribution >= 4 is 34.8 Å². The highest BCUT2D eigenvalue weighted by Crippen LogP contribution is 2.29. The average molecular weight is 548 g/mol. The molecule has 4 rings (SSSR count).